The summed E-state index contributed by atoms with van der Waals surface area (Å²) in [6.45, 7) is 0. The quantitative estimate of drug-likeness (QED) is 0.215. The van der Waals surface area contributed by atoms with Crippen molar-refractivity contribution in [3.63, 3.8) is 0 Å². The van der Waals surface area contributed by atoms with Gasteiger partial charge in [0.1, 0.15) is 27.3 Å². The van der Waals surface area contributed by atoms with Gasteiger partial charge < -0.3 is 13.7 Å². The Kier molecular flexibility index (Phi) is 5.03. The first kappa shape index (κ1) is 23.3. The smallest absolute Gasteiger partial charge is 0.137 e. The fourth-order valence-corrected chi connectivity index (χ4v) is 6.87. The van der Waals surface area contributed by atoms with Crippen molar-refractivity contribution < 1.29 is 8.83 Å². The molecule has 9 aromatic rings. The average molecular weight is 559 g/mol. The third-order valence-electron chi connectivity index (χ3n) is 7.91. The van der Waals surface area contributed by atoms with Gasteiger partial charge in [-0.2, -0.15) is 0 Å². The number of anilines is 3. The van der Waals surface area contributed by atoms with Crippen LogP contribution in [0.5, 0.6) is 0 Å². The summed E-state index contributed by atoms with van der Waals surface area (Å²) in [6.07, 6.45) is 0. The van der Waals surface area contributed by atoms with Crippen LogP contribution in [0.4, 0.5) is 17.1 Å². The van der Waals surface area contributed by atoms with Crippen LogP contribution < -0.4 is 4.90 Å². The molecule has 0 aliphatic carbocycles. The molecule has 0 atom stereocenters. The molecule has 0 radical (unpaired) electrons. The van der Waals surface area contributed by atoms with Crippen LogP contribution >= 0.6 is 11.3 Å². The van der Waals surface area contributed by atoms with Crippen molar-refractivity contribution in [2.24, 2.45) is 0 Å². The molecule has 0 spiro atoms. The number of furan rings is 2. The normalized spacial score (nSPS) is 11.8. The summed E-state index contributed by atoms with van der Waals surface area (Å²) in [5.41, 5.74) is 8.66. The highest BCUT2D eigenvalue weighted by Crippen LogP contribution is 2.41. The maximum absolute atomic E-state index is 6.28. The lowest BCUT2D eigenvalue weighted by atomic mass is 10.1. The van der Waals surface area contributed by atoms with E-state index in [0.717, 1.165) is 77.0 Å². The molecule has 0 N–H and O–H groups in total. The van der Waals surface area contributed by atoms with Crippen molar-refractivity contribution in [2.45, 2.75) is 0 Å². The van der Waals surface area contributed by atoms with E-state index in [4.69, 9.17) is 13.8 Å². The van der Waals surface area contributed by atoms with E-state index in [9.17, 15) is 0 Å². The van der Waals surface area contributed by atoms with Crippen molar-refractivity contribution in [3.8, 4) is 10.6 Å². The van der Waals surface area contributed by atoms with Gasteiger partial charge in [0.2, 0.25) is 0 Å². The van der Waals surface area contributed by atoms with Gasteiger partial charge in [0, 0.05) is 56.3 Å². The van der Waals surface area contributed by atoms with Crippen LogP contribution in [0.2, 0.25) is 0 Å². The Morgan fingerprint density at radius 1 is 0.476 bits per heavy atom. The number of thiazole rings is 1. The van der Waals surface area contributed by atoms with Gasteiger partial charge in [-0.05, 0) is 72.8 Å². The van der Waals surface area contributed by atoms with Crippen LogP contribution in [0.1, 0.15) is 0 Å². The number of hydrogen-bond acceptors (Lipinski definition) is 5. The lowest BCUT2D eigenvalue weighted by molar-refractivity contribution is 0.669. The standard InChI is InChI=1S/C37H22N2O2S/c1-4-10-32-27(7-1)29-19-17-25(21-34(29)40-32)39(26-18-20-30-28-8-2-5-11-33(28)41-35(30)22-26)24-15-13-23(14-16-24)37-38-31-9-3-6-12-36(31)42-37/h1-22H. The van der Waals surface area contributed by atoms with E-state index < -0.39 is 0 Å². The number of aromatic nitrogens is 1. The molecule has 3 heterocycles. The minimum atomic E-state index is 0.856. The Hall–Kier alpha value is -5.39. The Morgan fingerprint density at radius 2 is 1.00 bits per heavy atom. The Labute approximate surface area is 244 Å². The number of fused-ring (bicyclic) bond motifs is 7. The van der Waals surface area contributed by atoms with E-state index in [1.54, 1.807) is 11.3 Å². The van der Waals surface area contributed by atoms with E-state index in [1.165, 1.54) is 4.70 Å². The molecule has 0 unspecified atom stereocenters. The second-order valence-corrected chi connectivity index (χ2v) is 11.5. The number of benzene rings is 6. The van der Waals surface area contributed by atoms with E-state index >= 15 is 0 Å². The van der Waals surface area contributed by atoms with Gasteiger partial charge in [-0.3, -0.25) is 0 Å². The first-order valence-electron chi connectivity index (χ1n) is 13.9. The summed E-state index contributed by atoms with van der Waals surface area (Å²) < 4.78 is 13.7. The fraction of sp³-hybridized carbons (Fsp3) is 0. The monoisotopic (exact) mass is 558 g/mol. The van der Waals surface area contributed by atoms with Crippen LogP contribution in [0.15, 0.2) is 142 Å². The van der Waals surface area contributed by atoms with E-state index in [2.05, 4.69) is 95.9 Å². The zero-order valence-electron chi connectivity index (χ0n) is 22.3. The van der Waals surface area contributed by atoms with Crippen LogP contribution in [-0.2, 0) is 0 Å². The molecule has 0 aliphatic rings. The molecule has 3 aromatic heterocycles. The number of nitrogens with zero attached hydrogens (tertiary/aromatic N) is 2. The molecular weight excluding hydrogens is 536 g/mol. The Morgan fingerprint density at radius 3 is 1.62 bits per heavy atom. The fourth-order valence-electron chi connectivity index (χ4n) is 5.90. The minimum absolute atomic E-state index is 0.856. The molecule has 0 saturated heterocycles. The first-order valence-corrected chi connectivity index (χ1v) is 14.7. The molecular formula is C37H22N2O2S. The number of para-hydroxylation sites is 3. The molecule has 0 aliphatic heterocycles. The lowest BCUT2D eigenvalue weighted by Gasteiger charge is -2.25. The lowest BCUT2D eigenvalue weighted by Crippen LogP contribution is -2.09. The highest BCUT2D eigenvalue weighted by atomic mass is 32.1. The second kappa shape index (κ2) is 9.06. The van der Waals surface area contributed by atoms with Crippen LogP contribution in [-0.4, -0.2) is 4.98 Å². The van der Waals surface area contributed by atoms with Gasteiger partial charge in [-0.25, -0.2) is 4.98 Å². The molecule has 0 saturated carbocycles. The Balaban J connectivity index is 1.20. The molecule has 5 heteroatoms. The van der Waals surface area contributed by atoms with Crippen molar-refractivity contribution in [3.05, 3.63) is 133 Å². The van der Waals surface area contributed by atoms with Crippen molar-refractivity contribution in [2.75, 3.05) is 4.90 Å². The van der Waals surface area contributed by atoms with E-state index in [-0.39, 0.29) is 0 Å². The summed E-state index contributed by atoms with van der Waals surface area (Å²) >= 11 is 1.71. The number of rotatable bonds is 4. The highest BCUT2D eigenvalue weighted by Gasteiger charge is 2.18. The van der Waals surface area contributed by atoms with Crippen LogP contribution in [0.25, 0.3) is 64.7 Å². The molecule has 0 amide bonds. The largest absolute Gasteiger partial charge is 0.456 e. The van der Waals surface area contributed by atoms with Gasteiger partial charge >= 0.3 is 0 Å². The van der Waals surface area contributed by atoms with Gasteiger partial charge in [0.25, 0.3) is 0 Å². The SMILES string of the molecule is c1ccc2sc(-c3ccc(N(c4ccc5c(c4)oc4ccccc45)c4ccc5c(c4)oc4ccccc45)cc3)nc2c1. The molecule has 42 heavy (non-hydrogen) atoms. The zero-order chi connectivity index (χ0) is 27.6. The topological polar surface area (TPSA) is 42.4 Å². The summed E-state index contributed by atoms with van der Waals surface area (Å²) in [7, 11) is 0. The maximum Gasteiger partial charge on any atom is 0.137 e. The second-order valence-electron chi connectivity index (χ2n) is 10.4. The van der Waals surface area contributed by atoms with Crippen molar-refractivity contribution in [1.82, 2.24) is 4.98 Å². The zero-order valence-corrected chi connectivity index (χ0v) is 23.1. The summed E-state index contributed by atoms with van der Waals surface area (Å²) in [5.74, 6) is 0. The molecule has 0 bridgehead atoms. The minimum Gasteiger partial charge on any atom is -0.456 e. The first-order chi connectivity index (χ1) is 20.8. The predicted molar refractivity (Wildman–Crippen MR) is 174 cm³/mol. The van der Waals surface area contributed by atoms with Crippen LogP contribution in [0.3, 0.4) is 0 Å². The van der Waals surface area contributed by atoms with Crippen LogP contribution in [0, 0.1) is 0 Å². The highest BCUT2D eigenvalue weighted by molar-refractivity contribution is 7.21. The molecule has 0 fully saturated rings. The molecule has 198 valence electrons. The van der Waals surface area contributed by atoms with Gasteiger partial charge in [0.05, 0.1) is 10.2 Å². The average Bonchev–Trinajstić information content (AvgIpc) is 3.74. The number of hydrogen-bond donors (Lipinski definition) is 0. The van der Waals surface area contributed by atoms with E-state index in [1.807, 2.05) is 42.5 Å². The van der Waals surface area contributed by atoms with Gasteiger partial charge in [-0.15, -0.1) is 11.3 Å². The molecule has 9 rings (SSSR count). The molecule has 4 nitrogen and oxygen atoms in total. The Bertz CT molecular complexity index is 2280. The van der Waals surface area contributed by atoms with E-state index in [0.29, 0.717) is 0 Å². The third kappa shape index (κ3) is 3.64. The third-order valence-corrected chi connectivity index (χ3v) is 8.99. The maximum atomic E-state index is 6.28. The van der Waals surface area contributed by atoms with Crippen molar-refractivity contribution >= 4 is 82.5 Å². The summed E-state index contributed by atoms with van der Waals surface area (Å²) in [4.78, 5) is 7.12. The van der Waals surface area contributed by atoms with Crippen molar-refractivity contribution in [1.29, 1.82) is 0 Å². The summed E-state index contributed by atoms with van der Waals surface area (Å²) in [5, 5.41) is 5.46. The van der Waals surface area contributed by atoms with Gasteiger partial charge in [0.15, 0.2) is 0 Å². The van der Waals surface area contributed by atoms with Gasteiger partial charge in [-0.1, -0.05) is 48.5 Å². The molecule has 6 aromatic carbocycles. The predicted octanol–water partition coefficient (Wildman–Crippen LogP) is 11.2. The summed E-state index contributed by atoms with van der Waals surface area (Å²) in [6, 6.07) is 46.1.